The van der Waals surface area contributed by atoms with Crippen LogP contribution in [0.1, 0.15) is 194 Å². The lowest BCUT2D eigenvalue weighted by Gasteiger charge is -1.99. The molecule has 0 aliphatic carbocycles. The van der Waals surface area contributed by atoms with Gasteiger partial charge in [-0.1, -0.05) is 141 Å². The Labute approximate surface area is 249 Å². The second-order valence-corrected chi connectivity index (χ2v) is 11.5. The highest BCUT2D eigenvalue weighted by molar-refractivity contribution is 5.66. The molecular formula is C36H68O4. The molecule has 4 nitrogen and oxygen atoms in total. The maximum atomic E-state index is 10.3. The van der Waals surface area contributed by atoms with E-state index >= 15 is 0 Å². The Morgan fingerprint density at radius 3 is 0.850 bits per heavy atom. The van der Waals surface area contributed by atoms with Gasteiger partial charge in [-0.2, -0.15) is 0 Å². The summed E-state index contributed by atoms with van der Waals surface area (Å²) in [6, 6.07) is 0. The van der Waals surface area contributed by atoms with Crippen LogP contribution in [0.25, 0.3) is 0 Å². The van der Waals surface area contributed by atoms with E-state index in [1.54, 1.807) is 0 Å². The summed E-state index contributed by atoms with van der Waals surface area (Å²) in [6.45, 7) is 4.52. The minimum absolute atomic E-state index is 0.332. The van der Waals surface area contributed by atoms with Crippen LogP contribution in [0.3, 0.4) is 0 Å². The predicted molar refractivity (Wildman–Crippen MR) is 174 cm³/mol. The summed E-state index contributed by atoms with van der Waals surface area (Å²) >= 11 is 0. The molecular weight excluding hydrogens is 496 g/mol. The summed E-state index contributed by atoms with van der Waals surface area (Å²) in [5.74, 6) is -1.33. The molecule has 0 heterocycles. The second kappa shape index (κ2) is 37.4. The molecule has 2 N–H and O–H groups in total. The zero-order valence-corrected chi connectivity index (χ0v) is 26.8. The molecule has 0 spiro atoms. The van der Waals surface area contributed by atoms with Crippen LogP contribution in [-0.4, -0.2) is 22.2 Å². The zero-order chi connectivity index (χ0) is 29.8. The van der Waals surface area contributed by atoms with Crippen molar-refractivity contribution < 1.29 is 19.8 Å². The predicted octanol–water partition coefficient (Wildman–Crippen LogP) is 12.2. The molecule has 0 fully saturated rings. The highest BCUT2D eigenvalue weighted by Gasteiger charge is 1.97. The van der Waals surface area contributed by atoms with Crippen molar-refractivity contribution in [3.05, 3.63) is 24.3 Å². The molecule has 0 saturated carbocycles. The third-order valence-corrected chi connectivity index (χ3v) is 7.30. The van der Waals surface area contributed by atoms with Crippen molar-refractivity contribution in [2.24, 2.45) is 0 Å². The molecule has 0 unspecified atom stereocenters. The van der Waals surface area contributed by atoms with Crippen LogP contribution in [0.4, 0.5) is 0 Å². The maximum Gasteiger partial charge on any atom is 0.303 e. The first-order valence-electron chi connectivity index (χ1n) is 17.3. The summed E-state index contributed by atoms with van der Waals surface area (Å²) in [6.07, 6.45) is 42.5. The van der Waals surface area contributed by atoms with Gasteiger partial charge in [-0.05, 0) is 64.2 Å². The fourth-order valence-corrected chi connectivity index (χ4v) is 4.69. The minimum Gasteiger partial charge on any atom is -0.481 e. The highest BCUT2D eigenvalue weighted by atomic mass is 16.4. The average Bonchev–Trinajstić information content (AvgIpc) is 2.93. The topological polar surface area (TPSA) is 74.6 Å². The van der Waals surface area contributed by atoms with Crippen LogP contribution < -0.4 is 0 Å². The van der Waals surface area contributed by atoms with Gasteiger partial charge >= 0.3 is 11.9 Å². The summed E-state index contributed by atoms with van der Waals surface area (Å²) in [5.41, 5.74) is 0. The number of hydrogen-bond acceptors (Lipinski definition) is 2. The molecule has 40 heavy (non-hydrogen) atoms. The Morgan fingerprint density at radius 1 is 0.375 bits per heavy atom. The van der Waals surface area contributed by atoms with Crippen LogP contribution in [0.15, 0.2) is 24.3 Å². The van der Waals surface area contributed by atoms with E-state index < -0.39 is 11.9 Å². The van der Waals surface area contributed by atoms with Crippen molar-refractivity contribution >= 4 is 11.9 Å². The molecule has 0 aromatic heterocycles. The molecule has 4 heteroatoms. The smallest absolute Gasteiger partial charge is 0.303 e. The van der Waals surface area contributed by atoms with Gasteiger partial charge in [-0.25, -0.2) is 0 Å². The zero-order valence-electron chi connectivity index (χ0n) is 26.8. The van der Waals surface area contributed by atoms with Gasteiger partial charge in [0.15, 0.2) is 0 Å². The Hall–Kier alpha value is -1.58. The molecule has 0 amide bonds. The van der Waals surface area contributed by atoms with Crippen molar-refractivity contribution in [1.29, 1.82) is 0 Å². The van der Waals surface area contributed by atoms with Crippen molar-refractivity contribution in [2.45, 2.75) is 194 Å². The van der Waals surface area contributed by atoms with Crippen LogP contribution in [0, 0.1) is 0 Å². The Morgan fingerprint density at radius 2 is 0.600 bits per heavy atom. The van der Waals surface area contributed by atoms with Crippen LogP contribution in [0.2, 0.25) is 0 Å². The maximum absolute atomic E-state index is 10.3. The van der Waals surface area contributed by atoms with E-state index in [4.69, 9.17) is 10.2 Å². The molecule has 0 saturated heterocycles. The molecule has 0 aromatic rings. The standard InChI is InChI=1S/2C18H34O2/c2*1-2-3-4-5-6-7-8-9-10-11-12-13-14-15-16-17-18(19)20/h2*9-10H,2-8,11-17H2,1H3,(H,19,20)/b10-9-;. The van der Waals surface area contributed by atoms with E-state index in [0.29, 0.717) is 12.8 Å². The third kappa shape index (κ3) is 43.5. The first-order chi connectivity index (χ1) is 19.5. The summed E-state index contributed by atoms with van der Waals surface area (Å²) in [7, 11) is 0. The lowest BCUT2D eigenvalue weighted by Crippen LogP contribution is -1.93. The van der Waals surface area contributed by atoms with E-state index in [9.17, 15) is 9.59 Å². The summed E-state index contributed by atoms with van der Waals surface area (Å²) in [5, 5.41) is 17.0. The van der Waals surface area contributed by atoms with E-state index in [-0.39, 0.29) is 0 Å². The molecule has 0 aliphatic rings. The number of allylic oxidation sites excluding steroid dienone is 4. The van der Waals surface area contributed by atoms with E-state index in [2.05, 4.69) is 38.2 Å². The van der Waals surface area contributed by atoms with E-state index in [0.717, 1.165) is 25.7 Å². The van der Waals surface area contributed by atoms with Crippen molar-refractivity contribution in [1.82, 2.24) is 0 Å². The van der Waals surface area contributed by atoms with Crippen LogP contribution in [0.5, 0.6) is 0 Å². The van der Waals surface area contributed by atoms with Gasteiger partial charge < -0.3 is 10.2 Å². The number of hydrogen-bond donors (Lipinski definition) is 2. The number of aliphatic carboxylic acids is 2. The van der Waals surface area contributed by atoms with Crippen molar-refractivity contribution in [3.8, 4) is 0 Å². The lowest BCUT2D eigenvalue weighted by molar-refractivity contribution is -0.138. The molecule has 0 radical (unpaired) electrons. The number of unbranched alkanes of at least 4 members (excludes halogenated alkanes) is 22. The van der Waals surface area contributed by atoms with E-state index in [1.165, 1.54) is 141 Å². The fourth-order valence-electron chi connectivity index (χ4n) is 4.69. The van der Waals surface area contributed by atoms with Gasteiger partial charge in [0.1, 0.15) is 0 Å². The van der Waals surface area contributed by atoms with Gasteiger partial charge in [-0.15, -0.1) is 0 Å². The number of carboxylic acid groups (broad SMARTS) is 2. The number of carbonyl (C=O) groups is 2. The minimum atomic E-state index is -0.664. The molecule has 0 atom stereocenters. The van der Waals surface area contributed by atoms with Gasteiger partial charge in [-0.3, -0.25) is 9.59 Å². The molecule has 0 rings (SSSR count). The molecule has 236 valence electrons. The van der Waals surface area contributed by atoms with Crippen molar-refractivity contribution in [3.63, 3.8) is 0 Å². The molecule has 0 aliphatic heterocycles. The highest BCUT2D eigenvalue weighted by Crippen LogP contribution is 2.11. The lowest BCUT2D eigenvalue weighted by atomic mass is 10.1. The summed E-state index contributed by atoms with van der Waals surface area (Å²) in [4.78, 5) is 20.6. The van der Waals surface area contributed by atoms with Gasteiger partial charge in [0.25, 0.3) is 0 Å². The first kappa shape index (κ1) is 40.6. The fraction of sp³-hybridized carbons (Fsp3) is 0.833. The second-order valence-electron chi connectivity index (χ2n) is 11.5. The average molecular weight is 565 g/mol. The van der Waals surface area contributed by atoms with Crippen molar-refractivity contribution in [2.75, 3.05) is 0 Å². The Kier molecular flexibility index (Phi) is 37.9. The Balaban J connectivity index is 0. The van der Waals surface area contributed by atoms with Gasteiger partial charge in [0.2, 0.25) is 0 Å². The summed E-state index contributed by atoms with van der Waals surface area (Å²) < 4.78 is 0. The monoisotopic (exact) mass is 565 g/mol. The number of rotatable bonds is 30. The normalized spacial score (nSPS) is 11.2. The number of carboxylic acids is 2. The quantitative estimate of drug-likeness (QED) is 0.0672. The van der Waals surface area contributed by atoms with Gasteiger partial charge in [0, 0.05) is 12.8 Å². The SMILES string of the molecule is CCCCCCCC/C=C\CCCCCCCC(=O)O.CCCCCCCCC=CCCCCCCCC(=O)O. The Bertz CT molecular complexity index is 517. The van der Waals surface area contributed by atoms with Gasteiger partial charge in [0.05, 0.1) is 0 Å². The first-order valence-corrected chi connectivity index (χ1v) is 17.3. The molecule has 0 aromatic carbocycles. The largest absolute Gasteiger partial charge is 0.481 e. The molecule has 0 bridgehead atoms. The van der Waals surface area contributed by atoms with E-state index in [1.807, 2.05) is 0 Å². The van der Waals surface area contributed by atoms with Crippen LogP contribution >= 0.6 is 0 Å². The third-order valence-electron chi connectivity index (χ3n) is 7.30. The van der Waals surface area contributed by atoms with Crippen LogP contribution in [-0.2, 0) is 9.59 Å².